The predicted octanol–water partition coefficient (Wildman–Crippen LogP) is 4.88. The Labute approximate surface area is 200 Å². The first-order valence-electron chi connectivity index (χ1n) is 10.3. The molecule has 0 bridgehead atoms. The fourth-order valence-corrected chi connectivity index (χ4v) is 5.21. The zero-order chi connectivity index (χ0) is 24.6. The lowest BCUT2D eigenvalue weighted by atomic mass is 10.1. The van der Waals surface area contributed by atoms with Gasteiger partial charge in [-0.05, 0) is 67.4 Å². The molecule has 0 aliphatic rings. The lowest BCUT2D eigenvalue weighted by Gasteiger charge is -2.14. The summed E-state index contributed by atoms with van der Waals surface area (Å²) in [5.41, 5.74) is 1.74. The molecule has 4 rings (SSSR count). The van der Waals surface area contributed by atoms with E-state index < -0.39 is 31.9 Å². The maximum Gasteiger partial charge on any atom is 0.244 e. The number of halogens is 2. The maximum absolute atomic E-state index is 13.4. The summed E-state index contributed by atoms with van der Waals surface area (Å²) in [5, 5.41) is 2.63. The maximum atomic E-state index is 13.4. The van der Waals surface area contributed by atoms with Crippen LogP contribution in [0.15, 0.2) is 81.4 Å². The van der Waals surface area contributed by atoms with Crippen molar-refractivity contribution in [3.05, 3.63) is 99.1 Å². The van der Waals surface area contributed by atoms with Crippen molar-refractivity contribution in [2.45, 2.75) is 30.2 Å². The van der Waals surface area contributed by atoms with Gasteiger partial charge in [0.25, 0.3) is 0 Å². The average Bonchev–Trinajstić information content (AvgIpc) is 2.80. The predicted molar refractivity (Wildman–Crippen MR) is 130 cm³/mol. The van der Waals surface area contributed by atoms with Crippen LogP contribution in [0.25, 0.3) is 10.9 Å². The van der Waals surface area contributed by atoms with Crippen molar-refractivity contribution in [1.29, 1.82) is 0 Å². The van der Waals surface area contributed by atoms with Crippen LogP contribution in [0.1, 0.15) is 11.1 Å². The number of aromatic nitrogens is 1. The molecule has 0 unspecified atom stereocenters. The number of sulfone groups is 1. The first-order valence-corrected chi connectivity index (χ1v) is 12.1. The number of anilines is 1. The van der Waals surface area contributed by atoms with E-state index in [1.165, 1.54) is 41.1 Å². The van der Waals surface area contributed by atoms with E-state index in [-0.39, 0.29) is 27.5 Å². The summed E-state index contributed by atoms with van der Waals surface area (Å²) in [6.45, 7) is 3.37. The van der Waals surface area contributed by atoms with Gasteiger partial charge in [-0.25, -0.2) is 12.8 Å². The third-order valence-electron chi connectivity index (χ3n) is 5.55. The van der Waals surface area contributed by atoms with E-state index in [9.17, 15) is 22.4 Å². The van der Waals surface area contributed by atoms with Gasteiger partial charge in [-0.2, -0.15) is 0 Å². The second kappa shape index (κ2) is 9.04. The molecule has 9 heteroatoms. The molecule has 6 nitrogen and oxygen atoms in total. The van der Waals surface area contributed by atoms with Crippen LogP contribution in [0.4, 0.5) is 10.1 Å². The molecule has 0 spiro atoms. The van der Waals surface area contributed by atoms with Gasteiger partial charge in [0, 0.05) is 17.3 Å². The molecule has 0 saturated heterocycles. The fourth-order valence-electron chi connectivity index (χ4n) is 3.58. The molecule has 0 atom stereocenters. The first kappa shape index (κ1) is 23.7. The van der Waals surface area contributed by atoms with Crippen LogP contribution >= 0.6 is 11.6 Å². The number of amides is 1. The van der Waals surface area contributed by atoms with Crippen LogP contribution in [0.5, 0.6) is 0 Å². The van der Waals surface area contributed by atoms with Crippen LogP contribution in [-0.4, -0.2) is 18.9 Å². The molecule has 0 aliphatic carbocycles. The number of fused-ring (bicyclic) bond motifs is 1. The molecule has 0 aliphatic heterocycles. The Hall–Kier alpha value is -3.49. The Bertz CT molecular complexity index is 1610. The van der Waals surface area contributed by atoms with Crippen LogP contribution in [0, 0.1) is 19.7 Å². The Morgan fingerprint density at radius 3 is 2.47 bits per heavy atom. The van der Waals surface area contributed by atoms with Gasteiger partial charge in [-0.15, -0.1) is 0 Å². The number of pyridine rings is 1. The molecule has 174 valence electrons. The van der Waals surface area contributed by atoms with Crippen molar-refractivity contribution >= 4 is 43.9 Å². The number of benzene rings is 3. The SMILES string of the molecule is Cc1ccc(S(=O)(=O)c2cn(CC(=O)Nc3ccc(F)c(Cl)c3)c3ccccc3c2=O)cc1C. The smallest absolute Gasteiger partial charge is 0.244 e. The third-order valence-corrected chi connectivity index (χ3v) is 7.58. The summed E-state index contributed by atoms with van der Waals surface area (Å²) >= 11 is 5.77. The standard InChI is InChI=1S/C25H20ClFN2O4S/c1-15-7-9-18(11-16(15)2)34(32,33)23-13-29(22-6-4-3-5-19(22)25(23)31)14-24(30)28-17-8-10-21(27)20(26)12-17/h3-13H,14H2,1-2H3,(H,28,30). The van der Waals surface area contributed by atoms with Crippen LogP contribution < -0.4 is 10.7 Å². The monoisotopic (exact) mass is 498 g/mol. The van der Waals surface area contributed by atoms with Gasteiger partial charge in [0.1, 0.15) is 17.3 Å². The number of aryl methyl sites for hydroxylation is 2. The van der Waals surface area contributed by atoms with Gasteiger partial charge in [0.05, 0.1) is 15.4 Å². The average molecular weight is 499 g/mol. The van der Waals surface area contributed by atoms with Crippen LogP contribution in [-0.2, 0) is 21.2 Å². The van der Waals surface area contributed by atoms with Crippen molar-refractivity contribution in [3.8, 4) is 0 Å². The number of nitrogens with zero attached hydrogens (tertiary/aromatic N) is 1. The van der Waals surface area contributed by atoms with Gasteiger partial charge < -0.3 is 9.88 Å². The summed E-state index contributed by atoms with van der Waals surface area (Å²) < 4.78 is 41.6. The number of para-hydroxylation sites is 1. The van der Waals surface area contributed by atoms with Gasteiger partial charge in [-0.3, -0.25) is 9.59 Å². The van der Waals surface area contributed by atoms with E-state index in [2.05, 4.69) is 5.32 Å². The number of hydrogen-bond acceptors (Lipinski definition) is 4. The summed E-state index contributed by atoms with van der Waals surface area (Å²) in [4.78, 5) is 25.5. The Kier molecular flexibility index (Phi) is 6.29. The summed E-state index contributed by atoms with van der Waals surface area (Å²) in [6, 6.07) is 14.9. The van der Waals surface area contributed by atoms with E-state index >= 15 is 0 Å². The normalized spacial score (nSPS) is 11.5. The molecule has 3 aromatic carbocycles. The molecule has 0 radical (unpaired) electrons. The van der Waals surface area contributed by atoms with Crippen molar-refractivity contribution in [1.82, 2.24) is 4.57 Å². The number of nitrogens with one attached hydrogen (secondary N) is 1. The van der Waals surface area contributed by atoms with Gasteiger partial charge >= 0.3 is 0 Å². The molecule has 0 saturated carbocycles. The van der Waals surface area contributed by atoms with Crippen molar-refractivity contribution in [2.24, 2.45) is 0 Å². The van der Waals surface area contributed by atoms with E-state index in [0.29, 0.717) is 5.52 Å². The lowest BCUT2D eigenvalue weighted by Crippen LogP contribution is -2.24. The fraction of sp³-hybridized carbons (Fsp3) is 0.120. The second-order valence-corrected chi connectivity index (χ2v) is 10.2. The van der Waals surface area contributed by atoms with Crippen molar-refractivity contribution in [3.63, 3.8) is 0 Å². The molecule has 0 fully saturated rings. The van der Waals surface area contributed by atoms with Crippen LogP contribution in [0.3, 0.4) is 0 Å². The Balaban J connectivity index is 1.79. The van der Waals surface area contributed by atoms with Gasteiger partial charge in [0.15, 0.2) is 0 Å². The minimum atomic E-state index is -4.15. The summed E-state index contributed by atoms with van der Waals surface area (Å²) in [7, 11) is -4.15. The van der Waals surface area contributed by atoms with E-state index in [1.807, 2.05) is 6.92 Å². The Morgan fingerprint density at radius 1 is 1.03 bits per heavy atom. The van der Waals surface area contributed by atoms with Crippen molar-refractivity contribution < 1.29 is 17.6 Å². The molecular weight excluding hydrogens is 479 g/mol. The van der Waals surface area contributed by atoms with Gasteiger partial charge in [-0.1, -0.05) is 29.8 Å². The topological polar surface area (TPSA) is 85.2 Å². The molecule has 1 heterocycles. The highest BCUT2D eigenvalue weighted by Gasteiger charge is 2.24. The Morgan fingerprint density at radius 2 is 1.76 bits per heavy atom. The highest BCUT2D eigenvalue weighted by atomic mass is 35.5. The molecular formula is C25H20ClFN2O4S. The highest BCUT2D eigenvalue weighted by Crippen LogP contribution is 2.24. The minimum Gasteiger partial charge on any atom is -0.336 e. The third kappa shape index (κ3) is 4.47. The molecule has 1 aromatic heterocycles. The number of rotatable bonds is 5. The van der Waals surface area contributed by atoms with E-state index in [0.717, 1.165) is 17.2 Å². The first-order chi connectivity index (χ1) is 16.1. The van der Waals surface area contributed by atoms with E-state index in [1.54, 1.807) is 31.2 Å². The number of hydrogen-bond donors (Lipinski definition) is 1. The summed E-state index contributed by atoms with van der Waals surface area (Å²) in [5.74, 6) is -1.13. The highest BCUT2D eigenvalue weighted by molar-refractivity contribution is 7.91. The lowest BCUT2D eigenvalue weighted by molar-refractivity contribution is -0.116. The quantitative estimate of drug-likeness (QED) is 0.425. The number of carbonyl (C=O) groups excluding carboxylic acids is 1. The second-order valence-electron chi connectivity index (χ2n) is 7.89. The molecule has 1 amide bonds. The van der Waals surface area contributed by atoms with Crippen LogP contribution in [0.2, 0.25) is 5.02 Å². The van der Waals surface area contributed by atoms with E-state index in [4.69, 9.17) is 11.6 Å². The number of carbonyl (C=O) groups is 1. The van der Waals surface area contributed by atoms with Gasteiger partial charge in [0.2, 0.25) is 21.2 Å². The molecule has 34 heavy (non-hydrogen) atoms. The zero-order valence-electron chi connectivity index (χ0n) is 18.3. The zero-order valence-corrected chi connectivity index (χ0v) is 19.9. The summed E-state index contributed by atoms with van der Waals surface area (Å²) in [6.07, 6.45) is 1.19. The minimum absolute atomic E-state index is 0.0000586. The molecule has 4 aromatic rings. The largest absolute Gasteiger partial charge is 0.336 e. The molecule has 1 N–H and O–H groups in total. The van der Waals surface area contributed by atoms with Crippen molar-refractivity contribution in [2.75, 3.05) is 5.32 Å².